The van der Waals surface area contributed by atoms with Gasteiger partial charge in [0.1, 0.15) is 10.8 Å². The molecule has 0 heterocycles. The second kappa shape index (κ2) is 4.81. The molecule has 1 aliphatic carbocycles. The molecule has 104 valence electrons. The van der Waals surface area contributed by atoms with Gasteiger partial charge in [-0.15, -0.1) is 0 Å². The average Bonchev–Trinajstić information content (AvgIpc) is 3.06. The summed E-state index contributed by atoms with van der Waals surface area (Å²) in [6, 6.07) is 3.42. The number of thiocarbonyl (C=S) groups is 1. The van der Waals surface area contributed by atoms with Crippen LogP contribution in [0.4, 0.5) is 4.39 Å². The molecule has 0 unspecified atom stereocenters. The lowest BCUT2D eigenvalue weighted by atomic mass is 10.2. The van der Waals surface area contributed by atoms with Gasteiger partial charge in [-0.3, -0.25) is 0 Å². The van der Waals surface area contributed by atoms with Gasteiger partial charge in [-0.25, -0.2) is 17.5 Å². The maximum atomic E-state index is 13.4. The predicted molar refractivity (Wildman–Crippen MR) is 74.8 cm³/mol. The summed E-state index contributed by atoms with van der Waals surface area (Å²) in [6.45, 7) is 2.40. The zero-order chi connectivity index (χ0) is 14.3. The van der Waals surface area contributed by atoms with Crippen molar-refractivity contribution in [3.8, 4) is 0 Å². The molecule has 0 atom stereocenters. The normalized spacial score (nSPS) is 17.2. The van der Waals surface area contributed by atoms with E-state index in [0.29, 0.717) is 6.54 Å². The van der Waals surface area contributed by atoms with E-state index < -0.39 is 15.8 Å². The predicted octanol–water partition coefficient (Wildman–Crippen LogP) is 1.54. The van der Waals surface area contributed by atoms with Crippen LogP contribution in [0.25, 0.3) is 0 Å². The number of nitrogens with two attached hydrogens (primary N) is 1. The molecule has 1 saturated carbocycles. The summed E-state index contributed by atoms with van der Waals surface area (Å²) in [5, 5.41) is 0. The summed E-state index contributed by atoms with van der Waals surface area (Å²) in [4.78, 5) is -0.190. The lowest BCUT2D eigenvalue weighted by Crippen LogP contribution is -2.29. The Labute approximate surface area is 117 Å². The minimum atomic E-state index is -3.66. The lowest BCUT2D eigenvalue weighted by molar-refractivity contribution is 0.530. The maximum Gasteiger partial charge on any atom is 0.240 e. The van der Waals surface area contributed by atoms with Gasteiger partial charge in [0, 0.05) is 12.1 Å². The average molecular weight is 302 g/mol. The Morgan fingerprint density at radius 2 is 2.16 bits per heavy atom. The fourth-order valence-electron chi connectivity index (χ4n) is 1.60. The third-order valence-corrected chi connectivity index (χ3v) is 4.92. The molecule has 0 aliphatic heterocycles. The number of halogens is 1. The lowest BCUT2D eigenvalue weighted by Gasteiger charge is -2.11. The molecule has 4 nitrogen and oxygen atoms in total. The Morgan fingerprint density at radius 1 is 1.53 bits per heavy atom. The maximum absolute atomic E-state index is 13.4. The number of nitrogens with one attached hydrogen (secondary N) is 1. The minimum absolute atomic E-state index is 0.0269. The monoisotopic (exact) mass is 302 g/mol. The number of sulfonamides is 1. The van der Waals surface area contributed by atoms with E-state index in [1.807, 2.05) is 6.92 Å². The molecule has 0 spiro atoms. The summed E-state index contributed by atoms with van der Waals surface area (Å²) >= 11 is 4.69. The molecular weight excluding hydrogens is 287 g/mol. The van der Waals surface area contributed by atoms with Crippen molar-refractivity contribution in [2.75, 3.05) is 6.54 Å². The summed E-state index contributed by atoms with van der Waals surface area (Å²) in [5.74, 6) is -0.624. The van der Waals surface area contributed by atoms with Gasteiger partial charge in [-0.05, 0) is 36.5 Å². The van der Waals surface area contributed by atoms with E-state index in [4.69, 9.17) is 5.73 Å². The third kappa shape index (κ3) is 3.29. The van der Waals surface area contributed by atoms with Crippen LogP contribution in [-0.2, 0) is 10.0 Å². The first kappa shape index (κ1) is 14.4. The molecule has 2 rings (SSSR count). The van der Waals surface area contributed by atoms with Gasteiger partial charge in [0.25, 0.3) is 0 Å². The van der Waals surface area contributed by atoms with Gasteiger partial charge in [0.05, 0.1) is 4.90 Å². The van der Waals surface area contributed by atoms with E-state index >= 15 is 0 Å². The molecule has 1 aromatic carbocycles. The summed E-state index contributed by atoms with van der Waals surface area (Å²) in [5.41, 5.74) is 5.35. The van der Waals surface area contributed by atoms with Crippen molar-refractivity contribution in [2.24, 2.45) is 11.1 Å². The van der Waals surface area contributed by atoms with Crippen molar-refractivity contribution in [2.45, 2.75) is 24.7 Å². The minimum Gasteiger partial charge on any atom is -0.389 e. The smallest absolute Gasteiger partial charge is 0.240 e. The SMILES string of the molecule is CC1(CNS(=O)(=O)c2ccc(F)c(C(N)=S)c2)CC1. The van der Waals surface area contributed by atoms with Gasteiger partial charge in [0.2, 0.25) is 10.0 Å². The van der Waals surface area contributed by atoms with Crippen LogP contribution in [0.15, 0.2) is 23.1 Å². The van der Waals surface area contributed by atoms with Crippen LogP contribution in [0.5, 0.6) is 0 Å². The number of rotatable bonds is 5. The van der Waals surface area contributed by atoms with Crippen molar-refractivity contribution in [3.05, 3.63) is 29.6 Å². The van der Waals surface area contributed by atoms with Crippen LogP contribution >= 0.6 is 12.2 Å². The van der Waals surface area contributed by atoms with Gasteiger partial charge in [-0.2, -0.15) is 0 Å². The van der Waals surface area contributed by atoms with Gasteiger partial charge >= 0.3 is 0 Å². The zero-order valence-corrected chi connectivity index (χ0v) is 12.1. The molecule has 0 bridgehead atoms. The van der Waals surface area contributed by atoms with Crippen LogP contribution in [0, 0.1) is 11.2 Å². The first-order valence-electron chi connectivity index (χ1n) is 5.83. The highest BCUT2D eigenvalue weighted by Gasteiger charge is 2.38. The van der Waals surface area contributed by atoms with Crippen LogP contribution in [0.2, 0.25) is 0 Å². The van der Waals surface area contributed by atoms with Crippen molar-refractivity contribution >= 4 is 27.2 Å². The molecule has 3 N–H and O–H groups in total. The second-order valence-electron chi connectivity index (χ2n) is 5.14. The van der Waals surface area contributed by atoms with E-state index in [1.165, 1.54) is 6.07 Å². The van der Waals surface area contributed by atoms with Crippen molar-refractivity contribution in [1.82, 2.24) is 4.72 Å². The molecule has 1 aromatic rings. The highest BCUT2D eigenvalue weighted by Crippen LogP contribution is 2.44. The fraction of sp³-hybridized carbons (Fsp3) is 0.417. The molecule has 1 aliphatic rings. The Balaban J connectivity index is 2.24. The van der Waals surface area contributed by atoms with E-state index in [1.54, 1.807) is 0 Å². The Hall–Kier alpha value is -1.05. The van der Waals surface area contributed by atoms with Crippen molar-refractivity contribution in [3.63, 3.8) is 0 Å². The summed E-state index contributed by atoms with van der Waals surface area (Å²) in [7, 11) is -3.66. The van der Waals surface area contributed by atoms with Crippen LogP contribution in [0.3, 0.4) is 0 Å². The third-order valence-electron chi connectivity index (χ3n) is 3.31. The topological polar surface area (TPSA) is 72.2 Å². The summed E-state index contributed by atoms with van der Waals surface area (Å²) < 4.78 is 40.1. The van der Waals surface area contributed by atoms with Gasteiger partial charge in [0.15, 0.2) is 0 Å². The quantitative estimate of drug-likeness (QED) is 0.809. The van der Waals surface area contributed by atoms with Crippen LogP contribution < -0.4 is 10.5 Å². The second-order valence-corrected chi connectivity index (χ2v) is 7.35. The molecule has 7 heteroatoms. The molecule has 0 saturated heterocycles. The number of benzene rings is 1. The molecular formula is C12H15FN2O2S2. The number of hydrogen-bond donors (Lipinski definition) is 2. The molecule has 0 amide bonds. The zero-order valence-electron chi connectivity index (χ0n) is 10.4. The van der Waals surface area contributed by atoms with Crippen molar-refractivity contribution < 1.29 is 12.8 Å². The van der Waals surface area contributed by atoms with Gasteiger partial charge < -0.3 is 5.73 Å². The Bertz CT molecular complexity index is 625. The van der Waals surface area contributed by atoms with E-state index in [9.17, 15) is 12.8 Å². The van der Waals surface area contributed by atoms with Gasteiger partial charge in [-0.1, -0.05) is 19.1 Å². The van der Waals surface area contributed by atoms with E-state index in [-0.39, 0.29) is 20.9 Å². The molecule has 0 radical (unpaired) electrons. The Kier molecular flexibility index (Phi) is 3.63. The van der Waals surface area contributed by atoms with Crippen LogP contribution in [0.1, 0.15) is 25.3 Å². The molecule has 19 heavy (non-hydrogen) atoms. The van der Waals surface area contributed by atoms with Crippen molar-refractivity contribution in [1.29, 1.82) is 0 Å². The molecule has 0 aromatic heterocycles. The van der Waals surface area contributed by atoms with E-state index in [2.05, 4.69) is 16.9 Å². The standard InChI is InChI=1S/C12H15FN2O2S2/c1-12(4-5-12)7-15-19(16,17)8-2-3-10(13)9(6-8)11(14)18/h2-3,6,15H,4-5,7H2,1H3,(H2,14,18). The highest BCUT2D eigenvalue weighted by atomic mass is 32.2. The Morgan fingerprint density at radius 3 is 2.68 bits per heavy atom. The van der Waals surface area contributed by atoms with E-state index in [0.717, 1.165) is 25.0 Å². The largest absolute Gasteiger partial charge is 0.389 e. The first-order valence-corrected chi connectivity index (χ1v) is 7.72. The first-order chi connectivity index (χ1) is 8.73. The number of hydrogen-bond acceptors (Lipinski definition) is 3. The fourth-order valence-corrected chi connectivity index (χ4v) is 2.98. The van der Waals surface area contributed by atoms with Crippen LogP contribution in [-0.4, -0.2) is 20.0 Å². The summed E-state index contributed by atoms with van der Waals surface area (Å²) in [6.07, 6.45) is 2.02. The molecule has 1 fully saturated rings. The highest BCUT2D eigenvalue weighted by molar-refractivity contribution is 7.89.